The molecule has 10 heteroatoms. The summed E-state index contributed by atoms with van der Waals surface area (Å²) < 4.78 is 7.13. The van der Waals surface area contributed by atoms with Crippen LogP contribution in [0.25, 0.3) is 17.1 Å². The van der Waals surface area contributed by atoms with Crippen molar-refractivity contribution in [1.82, 2.24) is 20.2 Å². The summed E-state index contributed by atoms with van der Waals surface area (Å²) in [5.41, 5.74) is 4.97. The molecule has 34 heavy (non-hydrogen) atoms. The van der Waals surface area contributed by atoms with Crippen LogP contribution in [0, 0.1) is 0 Å². The molecule has 0 aliphatic rings. The molecular formula is C24H19Cl2N5O2S. The number of hydrogen-bond acceptors (Lipinski definition) is 6. The van der Waals surface area contributed by atoms with Crippen molar-refractivity contribution < 1.29 is 9.53 Å². The Balaban J connectivity index is 1.52. The Hall–Kier alpha value is -3.33. The Morgan fingerprint density at radius 2 is 1.82 bits per heavy atom. The highest BCUT2D eigenvalue weighted by molar-refractivity contribution is 7.99. The van der Waals surface area contributed by atoms with Crippen molar-refractivity contribution >= 4 is 47.1 Å². The molecule has 4 rings (SSSR count). The van der Waals surface area contributed by atoms with Crippen LogP contribution in [0.5, 0.6) is 5.75 Å². The van der Waals surface area contributed by atoms with Crippen LogP contribution >= 0.6 is 35.0 Å². The van der Waals surface area contributed by atoms with Crippen LogP contribution in [-0.4, -0.2) is 39.7 Å². The molecule has 0 unspecified atom stereocenters. The van der Waals surface area contributed by atoms with E-state index in [1.807, 2.05) is 53.1 Å². The molecular weight excluding hydrogens is 493 g/mol. The van der Waals surface area contributed by atoms with Crippen molar-refractivity contribution in [3.05, 3.63) is 88.4 Å². The molecule has 0 radical (unpaired) electrons. The Morgan fingerprint density at radius 3 is 2.53 bits per heavy atom. The van der Waals surface area contributed by atoms with Gasteiger partial charge in [-0.2, -0.15) is 5.10 Å². The Kier molecular flexibility index (Phi) is 7.84. The van der Waals surface area contributed by atoms with Crippen LogP contribution in [0.4, 0.5) is 0 Å². The Labute approximate surface area is 210 Å². The van der Waals surface area contributed by atoms with Crippen LogP contribution in [0.2, 0.25) is 10.0 Å². The highest BCUT2D eigenvalue weighted by Gasteiger charge is 2.17. The quantitative estimate of drug-likeness (QED) is 0.192. The van der Waals surface area contributed by atoms with E-state index in [1.54, 1.807) is 31.4 Å². The summed E-state index contributed by atoms with van der Waals surface area (Å²) in [7, 11) is 1.62. The largest absolute Gasteiger partial charge is 0.497 e. The van der Waals surface area contributed by atoms with E-state index in [9.17, 15) is 4.79 Å². The number of aromatic nitrogens is 3. The highest BCUT2D eigenvalue weighted by atomic mass is 35.5. The first-order valence-corrected chi connectivity index (χ1v) is 11.8. The van der Waals surface area contributed by atoms with Crippen molar-refractivity contribution in [2.45, 2.75) is 5.16 Å². The minimum atomic E-state index is -0.278. The number of rotatable bonds is 8. The fraction of sp³-hybridized carbons (Fsp3) is 0.0833. The fourth-order valence-electron chi connectivity index (χ4n) is 3.04. The monoisotopic (exact) mass is 511 g/mol. The van der Waals surface area contributed by atoms with Gasteiger partial charge in [0.1, 0.15) is 5.75 Å². The van der Waals surface area contributed by atoms with E-state index < -0.39 is 0 Å². The summed E-state index contributed by atoms with van der Waals surface area (Å²) in [6.45, 7) is 0. The number of hydrazone groups is 1. The van der Waals surface area contributed by atoms with Crippen molar-refractivity contribution in [2.24, 2.45) is 5.10 Å². The number of carbonyl (C=O) groups excluding carboxylic acids is 1. The number of ether oxygens (including phenoxy) is 1. The molecule has 0 atom stereocenters. The molecule has 1 heterocycles. The van der Waals surface area contributed by atoms with Gasteiger partial charge in [-0.3, -0.25) is 9.36 Å². The van der Waals surface area contributed by atoms with Crippen LogP contribution in [-0.2, 0) is 4.79 Å². The van der Waals surface area contributed by atoms with Gasteiger partial charge < -0.3 is 4.74 Å². The third-order valence-electron chi connectivity index (χ3n) is 4.65. The van der Waals surface area contributed by atoms with E-state index in [0.29, 0.717) is 21.0 Å². The summed E-state index contributed by atoms with van der Waals surface area (Å²) in [6, 6.07) is 22.0. The van der Waals surface area contributed by atoms with Gasteiger partial charge in [0.15, 0.2) is 11.0 Å². The van der Waals surface area contributed by atoms with Crippen LogP contribution < -0.4 is 10.2 Å². The number of nitrogens with zero attached hydrogens (tertiary/aromatic N) is 4. The third-order valence-corrected chi connectivity index (χ3v) is 6.07. The molecule has 7 nitrogen and oxygen atoms in total. The third kappa shape index (κ3) is 5.96. The zero-order valence-corrected chi connectivity index (χ0v) is 20.3. The zero-order chi connectivity index (χ0) is 23.9. The van der Waals surface area contributed by atoms with Gasteiger partial charge in [-0.15, -0.1) is 10.2 Å². The van der Waals surface area contributed by atoms with Gasteiger partial charge in [0.25, 0.3) is 5.91 Å². The van der Waals surface area contributed by atoms with E-state index >= 15 is 0 Å². The SMILES string of the molecule is COc1ccc(-c2nnc(SCC(=O)N/N=C/c3cccc(Cl)c3)n2-c2ccc(Cl)cc2)cc1. The number of amides is 1. The number of carbonyl (C=O) groups is 1. The molecule has 3 aromatic carbocycles. The highest BCUT2D eigenvalue weighted by Crippen LogP contribution is 2.29. The second-order valence-corrected chi connectivity index (χ2v) is 8.80. The maximum Gasteiger partial charge on any atom is 0.250 e. The summed E-state index contributed by atoms with van der Waals surface area (Å²) >= 11 is 13.3. The Morgan fingerprint density at radius 1 is 1.06 bits per heavy atom. The lowest BCUT2D eigenvalue weighted by Gasteiger charge is -2.11. The number of methoxy groups -OCH3 is 1. The minimum Gasteiger partial charge on any atom is -0.497 e. The van der Waals surface area contributed by atoms with Crippen molar-refractivity contribution in [3.8, 4) is 22.8 Å². The minimum absolute atomic E-state index is 0.0984. The first-order valence-electron chi connectivity index (χ1n) is 10.1. The lowest BCUT2D eigenvalue weighted by atomic mass is 10.2. The first-order chi connectivity index (χ1) is 16.5. The average molecular weight is 512 g/mol. The average Bonchev–Trinajstić information content (AvgIpc) is 3.27. The van der Waals surface area contributed by atoms with Gasteiger partial charge in [0, 0.05) is 21.3 Å². The van der Waals surface area contributed by atoms with Crippen molar-refractivity contribution in [3.63, 3.8) is 0 Å². The summed E-state index contributed by atoms with van der Waals surface area (Å²) in [5, 5.41) is 14.5. The number of benzene rings is 3. The molecule has 0 fully saturated rings. The van der Waals surface area contributed by atoms with E-state index in [-0.39, 0.29) is 11.7 Å². The lowest BCUT2D eigenvalue weighted by Crippen LogP contribution is -2.20. The Bertz CT molecular complexity index is 1310. The first kappa shape index (κ1) is 23.8. The van der Waals surface area contributed by atoms with Gasteiger partial charge in [0.2, 0.25) is 0 Å². The molecule has 0 spiro atoms. The molecule has 1 N–H and O–H groups in total. The number of nitrogens with one attached hydrogen (secondary N) is 1. The van der Waals surface area contributed by atoms with Gasteiger partial charge in [-0.1, -0.05) is 47.1 Å². The molecule has 1 aromatic heterocycles. The molecule has 0 aliphatic carbocycles. The normalized spacial score (nSPS) is 11.0. The number of hydrogen-bond donors (Lipinski definition) is 1. The van der Waals surface area contributed by atoms with Crippen LogP contribution in [0.1, 0.15) is 5.56 Å². The lowest BCUT2D eigenvalue weighted by molar-refractivity contribution is -0.118. The molecule has 0 saturated carbocycles. The topological polar surface area (TPSA) is 81.4 Å². The van der Waals surface area contributed by atoms with Gasteiger partial charge in [-0.05, 0) is 66.2 Å². The maximum atomic E-state index is 12.4. The molecule has 1 amide bonds. The standard InChI is InChI=1S/C24H19Cl2N5O2S/c1-33-21-11-5-17(6-12-21)23-29-30-24(31(23)20-9-7-18(25)8-10-20)34-15-22(32)28-27-14-16-3-2-4-19(26)13-16/h2-14H,15H2,1H3,(H,28,32)/b27-14+. The van der Waals surface area contributed by atoms with Gasteiger partial charge in [-0.25, -0.2) is 5.43 Å². The van der Waals surface area contributed by atoms with Gasteiger partial charge in [0.05, 0.1) is 19.1 Å². The number of halogens is 2. The number of thioether (sulfide) groups is 1. The van der Waals surface area contributed by atoms with Gasteiger partial charge >= 0.3 is 0 Å². The fourth-order valence-corrected chi connectivity index (χ4v) is 4.11. The van der Waals surface area contributed by atoms with E-state index in [2.05, 4.69) is 20.7 Å². The molecule has 0 bridgehead atoms. The molecule has 4 aromatic rings. The van der Waals surface area contributed by atoms with E-state index in [0.717, 1.165) is 22.6 Å². The molecule has 0 saturated heterocycles. The predicted molar refractivity (Wildman–Crippen MR) is 136 cm³/mol. The molecule has 0 aliphatic heterocycles. The zero-order valence-electron chi connectivity index (χ0n) is 18.0. The van der Waals surface area contributed by atoms with E-state index in [1.165, 1.54) is 18.0 Å². The van der Waals surface area contributed by atoms with E-state index in [4.69, 9.17) is 27.9 Å². The smallest absolute Gasteiger partial charge is 0.250 e. The second-order valence-electron chi connectivity index (χ2n) is 6.98. The maximum absolute atomic E-state index is 12.4. The van der Waals surface area contributed by atoms with Crippen molar-refractivity contribution in [1.29, 1.82) is 0 Å². The summed E-state index contributed by atoms with van der Waals surface area (Å²) in [6.07, 6.45) is 1.53. The van der Waals surface area contributed by atoms with Crippen LogP contribution in [0.3, 0.4) is 0 Å². The predicted octanol–water partition coefficient (Wildman–Crippen LogP) is 5.49. The van der Waals surface area contributed by atoms with Crippen molar-refractivity contribution in [2.75, 3.05) is 12.9 Å². The molecule has 172 valence electrons. The van der Waals surface area contributed by atoms with Crippen LogP contribution in [0.15, 0.2) is 83.1 Å². The second kappa shape index (κ2) is 11.2. The summed E-state index contributed by atoms with van der Waals surface area (Å²) in [5.74, 6) is 1.19. The summed E-state index contributed by atoms with van der Waals surface area (Å²) in [4.78, 5) is 12.4.